The normalized spacial score (nSPS) is 11.1. The number of nitrogens with zero attached hydrogens (tertiary/aromatic N) is 1. The molecule has 14 heavy (non-hydrogen) atoms. The first-order valence-corrected chi connectivity index (χ1v) is 3.99. The van der Waals surface area contributed by atoms with Gasteiger partial charge in [-0.25, -0.2) is 4.79 Å². The van der Waals surface area contributed by atoms with Crippen molar-refractivity contribution in [3.63, 3.8) is 0 Å². The van der Waals surface area contributed by atoms with Gasteiger partial charge in [0, 0.05) is 5.69 Å². The number of hydrogen-bond donors (Lipinski definition) is 3. The summed E-state index contributed by atoms with van der Waals surface area (Å²) in [6.45, 7) is 1.68. The van der Waals surface area contributed by atoms with Crippen molar-refractivity contribution in [2.24, 2.45) is 10.9 Å². The summed E-state index contributed by atoms with van der Waals surface area (Å²) in [6, 6.07) is 6.19. The molecule has 0 bridgehead atoms. The number of anilines is 1. The van der Waals surface area contributed by atoms with Crippen molar-refractivity contribution in [2.75, 3.05) is 5.32 Å². The van der Waals surface area contributed by atoms with E-state index in [2.05, 4.69) is 10.5 Å². The van der Waals surface area contributed by atoms with Crippen molar-refractivity contribution >= 4 is 17.4 Å². The van der Waals surface area contributed by atoms with E-state index < -0.39 is 6.03 Å². The summed E-state index contributed by atoms with van der Waals surface area (Å²) in [7, 11) is 0. The summed E-state index contributed by atoms with van der Waals surface area (Å²) in [4.78, 5) is 10.5. The topological polar surface area (TPSA) is 87.7 Å². The van der Waals surface area contributed by atoms with Crippen LogP contribution in [0, 0.1) is 0 Å². The van der Waals surface area contributed by atoms with Gasteiger partial charge >= 0.3 is 6.03 Å². The Bertz CT molecular complexity index is 357. The molecule has 4 N–H and O–H groups in total. The second kappa shape index (κ2) is 4.27. The molecule has 0 aliphatic rings. The zero-order chi connectivity index (χ0) is 10.6. The average molecular weight is 193 g/mol. The highest BCUT2D eigenvalue weighted by atomic mass is 16.4. The third kappa shape index (κ3) is 2.48. The lowest BCUT2D eigenvalue weighted by molar-refractivity contribution is 0.259. The molecule has 0 aliphatic carbocycles. The second-order valence-corrected chi connectivity index (χ2v) is 2.75. The molecule has 0 radical (unpaired) electrons. The van der Waals surface area contributed by atoms with Crippen LogP contribution in [0.1, 0.15) is 12.5 Å². The summed E-state index contributed by atoms with van der Waals surface area (Å²) < 4.78 is 0. The molecule has 0 aliphatic heterocycles. The number of primary amides is 1. The highest BCUT2D eigenvalue weighted by Gasteiger charge is 1.99. The van der Waals surface area contributed by atoms with Crippen molar-refractivity contribution < 1.29 is 10.0 Å². The predicted octanol–water partition coefficient (Wildman–Crippen LogP) is 1.38. The lowest BCUT2D eigenvalue weighted by atomic mass is 10.1. The number of carbonyl (C=O) groups excluding carboxylic acids is 1. The lowest BCUT2D eigenvalue weighted by Gasteiger charge is -2.02. The molecule has 5 nitrogen and oxygen atoms in total. The first kappa shape index (κ1) is 10.0. The summed E-state index contributed by atoms with van der Waals surface area (Å²) in [6.07, 6.45) is 0. The number of urea groups is 1. The van der Waals surface area contributed by atoms with Crippen molar-refractivity contribution in [3.8, 4) is 0 Å². The van der Waals surface area contributed by atoms with Crippen LogP contribution in [0.15, 0.2) is 29.4 Å². The van der Waals surface area contributed by atoms with Crippen LogP contribution >= 0.6 is 0 Å². The van der Waals surface area contributed by atoms with Crippen LogP contribution in [0.3, 0.4) is 0 Å². The molecule has 2 amide bonds. The molecule has 0 fully saturated rings. The standard InChI is InChI=1S/C9H11N3O2/c1-6(12-14)7-2-4-8(5-3-7)11-9(10)13/h2-5,14H,1H3,(H3,10,11,13)/b12-6+. The SMILES string of the molecule is C/C(=N\O)c1ccc(NC(N)=O)cc1. The van der Waals surface area contributed by atoms with Gasteiger partial charge < -0.3 is 16.3 Å². The van der Waals surface area contributed by atoms with E-state index in [0.717, 1.165) is 5.56 Å². The Balaban J connectivity index is 2.83. The number of oxime groups is 1. The van der Waals surface area contributed by atoms with E-state index in [1.807, 2.05) is 0 Å². The monoisotopic (exact) mass is 193 g/mol. The minimum absolute atomic E-state index is 0.510. The number of nitrogens with one attached hydrogen (secondary N) is 1. The van der Waals surface area contributed by atoms with Gasteiger partial charge in [-0.1, -0.05) is 17.3 Å². The number of hydrogen-bond acceptors (Lipinski definition) is 3. The maximum Gasteiger partial charge on any atom is 0.316 e. The zero-order valence-electron chi connectivity index (χ0n) is 7.69. The van der Waals surface area contributed by atoms with Gasteiger partial charge in [0.2, 0.25) is 0 Å². The maximum absolute atomic E-state index is 10.5. The fourth-order valence-corrected chi connectivity index (χ4v) is 0.995. The summed E-state index contributed by atoms with van der Waals surface area (Å²) in [5.41, 5.74) is 6.83. The number of rotatable bonds is 2. The zero-order valence-corrected chi connectivity index (χ0v) is 7.69. The molecule has 1 rings (SSSR count). The Morgan fingerprint density at radius 2 is 2.00 bits per heavy atom. The smallest absolute Gasteiger partial charge is 0.316 e. The largest absolute Gasteiger partial charge is 0.411 e. The van der Waals surface area contributed by atoms with Crippen molar-refractivity contribution in [1.82, 2.24) is 0 Å². The molecular weight excluding hydrogens is 182 g/mol. The summed E-state index contributed by atoms with van der Waals surface area (Å²) in [5.74, 6) is 0. The third-order valence-corrected chi connectivity index (χ3v) is 1.72. The minimum Gasteiger partial charge on any atom is -0.411 e. The average Bonchev–Trinajstić information content (AvgIpc) is 2.17. The molecule has 0 spiro atoms. The summed E-state index contributed by atoms with van der Waals surface area (Å²) in [5, 5.41) is 14.0. The van der Waals surface area contributed by atoms with Crippen LogP contribution in [0.2, 0.25) is 0 Å². The van der Waals surface area contributed by atoms with Gasteiger partial charge in [-0.2, -0.15) is 0 Å². The molecular formula is C9H11N3O2. The van der Waals surface area contributed by atoms with Crippen molar-refractivity contribution in [2.45, 2.75) is 6.92 Å². The predicted molar refractivity (Wildman–Crippen MR) is 53.6 cm³/mol. The van der Waals surface area contributed by atoms with Crippen molar-refractivity contribution in [1.29, 1.82) is 0 Å². The quantitative estimate of drug-likeness (QED) is 0.376. The van der Waals surface area contributed by atoms with E-state index in [1.54, 1.807) is 31.2 Å². The highest BCUT2D eigenvalue weighted by Crippen LogP contribution is 2.09. The summed E-state index contributed by atoms with van der Waals surface area (Å²) >= 11 is 0. The Morgan fingerprint density at radius 1 is 1.43 bits per heavy atom. The van der Waals surface area contributed by atoms with Gasteiger partial charge in [0.25, 0.3) is 0 Å². The van der Waals surface area contributed by atoms with Crippen molar-refractivity contribution in [3.05, 3.63) is 29.8 Å². The Kier molecular flexibility index (Phi) is 3.06. The van der Waals surface area contributed by atoms with E-state index in [4.69, 9.17) is 10.9 Å². The molecule has 0 heterocycles. The molecule has 0 saturated heterocycles. The van der Waals surface area contributed by atoms with Crippen LogP contribution in [0.5, 0.6) is 0 Å². The van der Waals surface area contributed by atoms with Crippen LogP contribution in [-0.2, 0) is 0 Å². The first-order chi connectivity index (χ1) is 6.63. The Labute approximate surface area is 81.2 Å². The fraction of sp³-hybridized carbons (Fsp3) is 0.111. The van der Waals surface area contributed by atoms with E-state index >= 15 is 0 Å². The fourth-order valence-electron chi connectivity index (χ4n) is 0.995. The van der Waals surface area contributed by atoms with Crippen LogP contribution in [0.4, 0.5) is 10.5 Å². The van der Waals surface area contributed by atoms with Crippen LogP contribution in [0.25, 0.3) is 0 Å². The number of carbonyl (C=O) groups is 1. The molecule has 5 heteroatoms. The highest BCUT2D eigenvalue weighted by molar-refractivity contribution is 5.98. The number of amides is 2. The number of nitrogens with two attached hydrogens (primary N) is 1. The maximum atomic E-state index is 10.5. The lowest BCUT2D eigenvalue weighted by Crippen LogP contribution is -2.19. The molecule has 74 valence electrons. The van der Waals surface area contributed by atoms with Gasteiger partial charge in [0.15, 0.2) is 0 Å². The van der Waals surface area contributed by atoms with E-state index in [9.17, 15) is 4.79 Å². The van der Waals surface area contributed by atoms with Crippen LogP contribution in [-0.4, -0.2) is 17.0 Å². The Hall–Kier alpha value is -2.04. The van der Waals surface area contributed by atoms with Gasteiger partial charge in [-0.15, -0.1) is 0 Å². The van der Waals surface area contributed by atoms with Gasteiger partial charge in [0.05, 0.1) is 5.71 Å². The Morgan fingerprint density at radius 3 is 2.43 bits per heavy atom. The van der Waals surface area contributed by atoms with Crippen LogP contribution < -0.4 is 11.1 Å². The van der Waals surface area contributed by atoms with Gasteiger partial charge in [-0.3, -0.25) is 0 Å². The molecule has 0 unspecified atom stereocenters. The molecule has 0 saturated carbocycles. The number of benzene rings is 1. The molecule has 1 aromatic carbocycles. The molecule has 1 aromatic rings. The van der Waals surface area contributed by atoms with Gasteiger partial charge in [-0.05, 0) is 24.6 Å². The van der Waals surface area contributed by atoms with E-state index in [0.29, 0.717) is 11.4 Å². The van der Waals surface area contributed by atoms with E-state index in [-0.39, 0.29) is 0 Å². The molecule has 0 atom stereocenters. The van der Waals surface area contributed by atoms with Gasteiger partial charge in [0.1, 0.15) is 0 Å². The molecule has 0 aromatic heterocycles. The second-order valence-electron chi connectivity index (χ2n) is 2.75. The third-order valence-electron chi connectivity index (χ3n) is 1.72. The van der Waals surface area contributed by atoms with E-state index in [1.165, 1.54) is 0 Å². The first-order valence-electron chi connectivity index (χ1n) is 3.99. The minimum atomic E-state index is -0.606.